The normalized spacial score (nSPS) is 10.1. The molecule has 2 aromatic rings. The first-order valence-corrected chi connectivity index (χ1v) is 6.17. The molecule has 0 aliphatic carbocycles. The topological polar surface area (TPSA) is 79.3 Å². The van der Waals surface area contributed by atoms with Crippen LogP contribution in [0, 0.1) is 0 Å². The fourth-order valence-corrected chi connectivity index (χ4v) is 1.90. The Morgan fingerprint density at radius 1 is 1.20 bits per heavy atom. The highest BCUT2D eigenvalue weighted by molar-refractivity contribution is 6.34. The van der Waals surface area contributed by atoms with E-state index in [4.69, 9.17) is 16.7 Å². The van der Waals surface area contributed by atoms with Crippen LogP contribution in [0.4, 0.5) is 5.69 Å². The molecule has 0 atom stereocenters. The van der Waals surface area contributed by atoms with E-state index < -0.39 is 5.97 Å². The molecule has 20 heavy (non-hydrogen) atoms. The summed E-state index contributed by atoms with van der Waals surface area (Å²) in [6, 6.07) is 9.64. The van der Waals surface area contributed by atoms with Crippen LogP contribution >= 0.6 is 11.6 Å². The number of rotatable bonds is 4. The number of para-hydroxylation sites is 1. The van der Waals surface area contributed by atoms with Crippen molar-refractivity contribution in [2.75, 3.05) is 5.32 Å². The van der Waals surface area contributed by atoms with Crippen molar-refractivity contribution < 1.29 is 14.7 Å². The van der Waals surface area contributed by atoms with Gasteiger partial charge < -0.3 is 10.4 Å². The molecule has 0 saturated carbocycles. The summed E-state index contributed by atoms with van der Waals surface area (Å²) in [6.07, 6.45) is 1.63. The van der Waals surface area contributed by atoms with Gasteiger partial charge in [-0.25, -0.2) is 4.79 Å². The van der Waals surface area contributed by atoms with Crippen LogP contribution in [0.15, 0.2) is 42.6 Å². The van der Waals surface area contributed by atoms with Crippen molar-refractivity contribution in [2.24, 2.45) is 0 Å². The molecule has 2 N–H and O–H groups in total. The summed E-state index contributed by atoms with van der Waals surface area (Å²) < 4.78 is 0. The van der Waals surface area contributed by atoms with E-state index in [0.717, 1.165) is 0 Å². The van der Waals surface area contributed by atoms with Gasteiger partial charge in [0.25, 0.3) is 0 Å². The molecule has 0 saturated heterocycles. The van der Waals surface area contributed by atoms with Gasteiger partial charge in [-0.05, 0) is 24.3 Å². The van der Waals surface area contributed by atoms with E-state index in [1.807, 2.05) is 0 Å². The van der Waals surface area contributed by atoms with Gasteiger partial charge in [0, 0.05) is 11.9 Å². The number of carboxylic acids is 1. The Morgan fingerprint density at radius 2 is 2.00 bits per heavy atom. The predicted molar refractivity (Wildman–Crippen MR) is 75.0 cm³/mol. The maximum atomic E-state index is 11.9. The summed E-state index contributed by atoms with van der Waals surface area (Å²) in [6.45, 7) is 0. The van der Waals surface area contributed by atoms with Crippen LogP contribution < -0.4 is 5.32 Å². The van der Waals surface area contributed by atoms with Crippen molar-refractivity contribution in [3.63, 3.8) is 0 Å². The minimum Gasteiger partial charge on any atom is -0.478 e. The van der Waals surface area contributed by atoms with Crippen molar-refractivity contribution in [1.82, 2.24) is 4.98 Å². The molecular formula is C14H11ClN2O3. The van der Waals surface area contributed by atoms with Gasteiger partial charge in [-0.3, -0.25) is 9.78 Å². The number of aromatic carboxylic acids is 1. The minimum absolute atomic E-state index is 0.0467. The molecule has 1 amide bonds. The van der Waals surface area contributed by atoms with Crippen LogP contribution in [0.25, 0.3) is 0 Å². The first-order chi connectivity index (χ1) is 9.58. The van der Waals surface area contributed by atoms with Crippen molar-refractivity contribution in [3.8, 4) is 0 Å². The lowest BCUT2D eigenvalue weighted by atomic mass is 10.1. The summed E-state index contributed by atoms with van der Waals surface area (Å²) in [7, 11) is 0. The molecule has 102 valence electrons. The quantitative estimate of drug-likeness (QED) is 0.907. The highest BCUT2D eigenvalue weighted by Crippen LogP contribution is 2.26. The van der Waals surface area contributed by atoms with E-state index in [2.05, 4.69) is 10.3 Å². The number of amides is 1. The van der Waals surface area contributed by atoms with E-state index in [0.29, 0.717) is 5.69 Å². The van der Waals surface area contributed by atoms with Crippen molar-refractivity contribution in [3.05, 3.63) is 58.9 Å². The number of nitrogens with zero attached hydrogens (tertiary/aromatic N) is 1. The Balaban J connectivity index is 2.18. The highest BCUT2D eigenvalue weighted by atomic mass is 35.5. The van der Waals surface area contributed by atoms with E-state index >= 15 is 0 Å². The van der Waals surface area contributed by atoms with Gasteiger partial charge in [0.1, 0.15) is 0 Å². The van der Waals surface area contributed by atoms with E-state index in [1.54, 1.807) is 24.4 Å². The average molecular weight is 291 g/mol. The average Bonchev–Trinajstić information content (AvgIpc) is 2.42. The summed E-state index contributed by atoms with van der Waals surface area (Å²) in [5.41, 5.74) is 0.642. The maximum Gasteiger partial charge on any atom is 0.337 e. The van der Waals surface area contributed by atoms with Gasteiger partial charge in [-0.2, -0.15) is 0 Å². The number of hydrogen-bond acceptors (Lipinski definition) is 3. The summed E-state index contributed by atoms with van der Waals surface area (Å²) in [4.78, 5) is 27.0. The molecule has 0 fully saturated rings. The van der Waals surface area contributed by atoms with Gasteiger partial charge in [-0.1, -0.05) is 23.7 Å². The molecule has 0 aliphatic rings. The fraction of sp³-hybridized carbons (Fsp3) is 0.0714. The van der Waals surface area contributed by atoms with Gasteiger partial charge in [-0.15, -0.1) is 0 Å². The van der Waals surface area contributed by atoms with Crippen LogP contribution in [0.2, 0.25) is 5.02 Å². The van der Waals surface area contributed by atoms with Crippen LogP contribution in [-0.4, -0.2) is 22.0 Å². The molecule has 0 spiro atoms. The Hall–Kier alpha value is -2.40. The zero-order chi connectivity index (χ0) is 14.5. The van der Waals surface area contributed by atoms with Crippen LogP contribution in [0.5, 0.6) is 0 Å². The Bertz CT molecular complexity index is 644. The third-order valence-corrected chi connectivity index (χ3v) is 2.89. The molecule has 6 heteroatoms. The first-order valence-electron chi connectivity index (χ1n) is 5.79. The number of benzene rings is 1. The smallest absolute Gasteiger partial charge is 0.337 e. The third-order valence-electron chi connectivity index (χ3n) is 2.58. The lowest BCUT2D eigenvalue weighted by Gasteiger charge is -2.10. The SMILES string of the molecule is O=C(Cc1ccccn1)Nc1c(Cl)cccc1C(=O)O. The van der Waals surface area contributed by atoms with Crippen LogP contribution in [0.3, 0.4) is 0 Å². The van der Waals surface area contributed by atoms with Crippen molar-refractivity contribution in [1.29, 1.82) is 0 Å². The Labute approximate surface area is 120 Å². The van der Waals surface area contributed by atoms with Crippen molar-refractivity contribution >= 4 is 29.2 Å². The van der Waals surface area contributed by atoms with Gasteiger partial charge in [0.15, 0.2) is 0 Å². The monoisotopic (exact) mass is 290 g/mol. The number of carbonyl (C=O) groups is 2. The second kappa shape index (κ2) is 6.16. The molecule has 0 aliphatic heterocycles. The number of nitrogens with one attached hydrogen (secondary N) is 1. The number of halogens is 1. The summed E-state index contributed by atoms with van der Waals surface area (Å²) >= 11 is 5.93. The molecule has 1 heterocycles. The zero-order valence-corrected chi connectivity index (χ0v) is 11.1. The van der Waals surface area contributed by atoms with E-state index in [-0.39, 0.29) is 28.6 Å². The van der Waals surface area contributed by atoms with Gasteiger partial charge in [0.2, 0.25) is 5.91 Å². The van der Waals surface area contributed by atoms with Crippen molar-refractivity contribution in [2.45, 2.75) is 6.42 Å². The summed E-state index contributed by atoms with van der Waals surface area (Å²) in [5, 5.41) is 11.8. The van der Waals surface area contributed by atoms with Crippen LogP contribution in [-0.2, 0) is 11.2 Å². The van der Waals surface area contributed by atoms with Crippen LogP contribution in [0.1, 0.15) is 16.1 Å². The first kappa shape index (κ1) is 14.0. The van der Waals surface area contributed by atoms with Gasteiger partial charge >= 0.3 is 5.97 Å². The Kier molecular flexibility index (Phi) is 4.32. The fourth-order valence-electron chi connectivity index (χ4n) is 1.68. The summed E-state index contributed by atoms with van der Waals surface area (Å²) in [5.74, 6) is -1.53. The van der Waals surface area contributed by atoms with E-state index in [1.165, 1.54) is 18.2 Å². The molecule has 1 aromatic carbocycles. The number of hydrogen-bond donors (Lipinski definition) is 2. The molecule has 1 aromatic heterocycles. The number of anilines is 1. The number of carboxylic acid groups (broad SMARTS) is 1. The largest absolute Gasteiger partial charge is 0.478 e. The maximum absolute atomic E-state index is 11.9. The lowest BCUT2D eigenvalue weighted by Crippen LogP contribution is -2.17. The van der Waals surface area contributed by atoms with E-state index in [9.17, 15) is 9.59 Å². The van der Waals surface area contributed by atoms with Gasteiger partial charge in [0.05, 0.1) is 22.7 Å². The number of pyridine rings is 1. The highest BCUT2D eigenvalue weighted by Gasteiger charge is 2.15. The molecule has 2 rings (SSSR count). The predicted octanol–water partition coefficient (Wildman–Crippen LogP) is 2.61. The second-order valence-corrected chi connectivity index (χ2v) is 4.42. The zero-order valence-electron chi connectivity index (χ0n) is 10.3. The Morgan fingerprint density at radius 3 is 2.65 bits per heavy atom. The molecular weight excluding hydrogens is 280 g/mol. The molecule has 5 nitrogen and oxygen atoms in total. The molecule has 0 bridgehead atoms. The lowest BCUT2D eigenvalue weighted by molar-refractivity contribution is -0.115. The molecule has 0 radical (unpaired) electrons. The third kappa shape index (κ3) is 3.33. The molecule has 0 unspecified atom stereocenters. The standard InChI is InChI=1S/C14H11ClN2O3/c15-11-6-3-5-10(14(19)20)13(11)17-12(18)8-9-4-1-2-7-16-9/h1-7H,8H2,(H,17,18)(H,19,20). The second-order valence-electron chi connectivity index (χ2n) is 4.01. The number of carbonyl (C=O) groups excluding carboxylic acids is 1. The minimum atomic E-state index is -1.15. The number of aromatic nitrogens is 1.